The van der Waals surface area contributed by atoms with Crippen LogP contribution in [-0.2, 0) is 0 Å². The van der Waals surface area contributed by atoms with Crippen LogP contribution in [0.4, 0.5) is 0 Å². The molecule has 4 heterocycles. The van der Waals surface area contributed by atoms with E-state index in [4.69, 9.17) is 12.2 Å². The minimum atomic E-state index is 0.0170. The van der Waals surface area contributed by atoms with E-state index >= 15 is 0 Å². The van der Waals surface area contributed by atoms with Gasteiger partial charge >= 0.3 is 0 Å². The summed E-state index contributed by atoms with van der Waals surface area (Å²) in [5.74, 6) is 0.930. The maximum absolute atomic E-state index is 5.84. The van der Waals surface area contributed by atoms with Crippen molar-refractivity contribution in [2.45, 2.75) is 50.7 Å². The van der Waals surface area contributed by atoms with E-state index in [1.165, 1.54) is 31.4 Å². The third-order valence-electron chi connectivity index (χ3n) is 6.08. The predicted molar refractivity (Wildman–Crippen MR) is 118 cm³/mol. The van der Waals surface area contributed by atoms with Gasteiger partial charge < -0.3 is 14.8 Å². The van der Waals surface area contributed by atoms with Gasteiger partial charge in [0.15, 0.2) is 5.11 Å². The lowest BCUT2D eigenvalue weighted by Crippen LogP contribution is -2.38. The van der Waals surface area contributed by atoms with Gasteiger partial charge in [0.2, 0.25) is 0 Å². The average molecular weight is 404 g/mol. The van der Waals surface area contributed by atoms with Gasteiger partial charge in [-0.1, -0.05) is 25.0 Å². The third-order valence-corrected chi connectivity index (χ3v) is 6.41. The monoisotopic (exact) mass is 403 g/mol. The highest BCUT2D eigenvalue weighted by molar-refractivity contribution is 7.80. The van der Waals surface area contributed by atoms with Crippen molar-refractivity contribution in [3.63, 3.8) is 0 Å². The molecule has 0 bridgehead atoms. The van der Waals surface area contributed by atoms with Gasteiger partial charge in [0, 0.05) is 30.3 Å². The van der Waals surface area contributed by atoms with Crippen LogP contribution in [0.3, 0.4) is 0 Å². The third kappa shape index (κ3) is 3.31. The second-order valence-corrected chi connectivity index (χ2v) is 8.36. The van der Waals surface area contributed by atoms with E-state index in [1.54, 1.807) is 0 Å². The highest BCUT2D eigenvalue weighted by Gasteiger charge is 2.44. The Hall–Kier alpha value is -2.73. The van der Waals surface area contributed by atoms with Crippen molar-refractivity contribution in [3.05, 3.63) is 78.0 Å². The van der Waals surface area contributed by atoms with Gasteiger partial charge in [-0.05, 0) is 67.9 Å². The van der Waals surface area contributed by atoms with Crippen molar-refractivity contribution < 1.29 is 0 Å². The molecule has 1 aliphatic carbocycles. The lowest BCUT2D eigenvalue weighted by Gasteiger charge is -2.33. The molecule has 1 aliphatic heterocycles. The normalized spacial score (nSPS) is 22.2. The topological polar surface area (TPSA) is 46.0 Å². The number of thiocarbonyl (C=S) groups is 1. The fourth-order valence-corrected chi connectivity index (χ4v) is 5.09. The van der Waals surface area contributed by atoms with Crippen LogP contribution in [-0.4, -0.2) is 30.6 Å². The van der Waals surface area contributed by atoms with Crippen LogP contribution in [0.2, 0.25) is 0 Å². The molecule has 2 atom stereocenters. The van der Waals surface area contributed by atoms with Crippen molar-refractivity contribution in [1.29, 1.82) is 0 Å². The minimum Gasteiger partial charge on any atom is -0.352 e. The van der Waals surface area contributed by atoms with Crippen LogP contribution in [0.15, 0.2) is 61.1 Å². The Morgan fingerprint density at radius 3 is 2.62 bits per heavy atom. The van der Waals surface area contributed by atoms with E-state index in [-0.39, 0.29) is 12.1 Å². The molecule has 5 nitrogen and oxygen atoms in total. The Balaban J connectivity index is 1.61. The molecule has 2 aliphatic rings. The van der Waals surface area contributed by atoms with Gasteiger partial charge in [-0.3, -0.25) is 4.98 Å². The standard InChI is InChI=1S/C23H25N5S/c1-16-11-12-20(25-15-16)27-14-6-10-19(27)22-21(18-9-4-5-13-24-18)26-23(29)28(22)17-7-2-3-8-17/h4-6,9-15,17,21-22H,2-3,7-8H2,1H3,(H,26,29)/t21-,22-/m1/s1. The van der Waals surface area contributed by atoms with Crippen LogP contribution in [0.5, 0.6) is 0 Å². The van der Waals surface area contributed by atoms with Crippen LogP contribution >= 0.6 is 12.2 Å². The van der Waals surface area contributed by atoms with Gasteiger partial charge in [-0.25, -0.2) is 4.98 Å². The number of aromatic nitrogens is 3. The molecular weight excluding hydrogens is 378 g/mol. The Kier molecular flexibility index (Phi) is 4.79. The van der Waals surface area contributed by atoms with E-state index in [2.05, 4.69) is 68.2 Å². The number of nitrogens with zero attached hydrogens (tertiary/aromatic N) is 4. The summed E-state index contributed by atoms with van der Waals surface area (Å²) in [7, 11) is 0. The second-order valence-electron chi connectivity index (χ2n) is 7.97. The maximum atomic E-state index is 5.84. The number of hydrogen-bond donors (Lipinski definition) is 1. The van der Waals surface area contributed by atoms with E-state index < -0.39 is 0 Å². The number of rotatable bonds is 4. The molecule has 29 heavy (non-hydrogen) atoms. The molecule has 148 valence electrons. The quantitative estimate of drug-likeness (QED) is 0.650. The highest BCUT2D eigenvalue weighted by atomic mass is 32.1. The molecule has 3 aromatic rings. The van der Waals surface area contributed by atoms with Crippen LogP contribution in [0.1, 0.15) is 54.7 Å². The molecule has 2 fully saturated rings. The Morgan fingerprint density at radius 1 is 1.03 bits per heavy atom. The summed E-state index contributed by atoms with van der Waals surface area (Å²) < 4.78 is 2.19. The first-order valence-electron chi connectivity index (χ1n) is 10.3. The summed E-state index contributed by atoms with van der Waals surface area (Å²) in [5.41, 5.74) is 3.37. The fraction of sp³-hybridized carbons (Fsp3) is 0.348. The number of nitrogens with one attached hydrogen (secondary N) is 1. The van der Waals surface area contributed by atoms with Crippen molar-refractivity contribution in [2.75, 3.05) is 0 Å². The molecule has 1 saturated heterocycles. The van der Waals surface area contributed by atoms with Crippen molar-refractivity contribution in [1.82, 2.24) is 24.8 Å². The summed E-state index contributed by atoms with van der Waals surface area (Å²) in [6, 6.07) is 15.1. The Labute approximate surface area is 176 Å². The summed E-state index contributed by atoms with van der Waals surface area (Å²) >= 11 is 5.84. The van der Waals surface area contributed by atoms with Crippen LogP contribution < -0.4 is 5.32 Å². The van der Waals surface area contributed by atoms with Gasteiger partial charge in [0.1, 0.15) is 5.82 Å². The van der Waals surface area contributed by atoms with Gasteiger partial charge in [0.05, 0.1) is 17.8 Å². The molecule has 0 amide bonds. The highest BCUT2D eigenvalue weighted by Crippen LogP contribution is 2.43. The lowest BCUT2D eigenvalue weighted by molar-refractivity contribution is 0.239. The smallest absolute Gasteiger partial charge is 0.170 e. The molecule has 1 saturated carbocycles. The van der Waals surface area contributed by atoms with Gasteiger partial charge in [-0.2, -0.15) is 0 Å². The second kappa shape index (κ2) is 7.59. The molecule has 6 heteroatoms. The van der Waals surface area contributed by atoms with E-state index in [1.807, 2.05) is 24.5 Å². The SMILES string of the molecule is Cc1ccc(-n2cccc2[C@@H]2[C@@H](c3ccccn3)NC(=S)N2C2CCCC2)nc1. The van der Waals surface area contributed by atoms with Crippen molar-refractivity contribution in [3.8, 4) is 5.82 Å². The molecule has 5 rings (SSSR count). The molecule has 0 aromatic carbocycles. The van der Waals surface area contributed by atoms with E-state index in [9.17, 15) is 0 Å². The van der Waals surface area contributed by atoms with Crippen molar-refractivity contribution in [2.24, 2.45) is 0 Å². The first kappa shape index (κ1) is 18.3. The number of aryl methyl sites for hydroxylation is 1. The minimum absolute atomic E-state index is 0.0170. The predicted octanol–water partition coefficient (Wildman–Crippen LogP) is 4.49. The molecule has 1 N–H and O–H groups in total. The largest absolute Gasteiger partial charge is 0.352 e. The van der Waals surface area contributed by atoms with Crippen molar-refractivity contribution >= 4 is 17.3 Å². The molecule has 0 unspecified atom stereocenters. The van der Waals surface area contributed by atoms with E-state index in [0.29, 0.717) is 6.04 Å². The first-order chi connectivity index (χ1) is 14.2. The number of pyridine rings is 2. The van der Waals surface area contributed by atoms with Crippen LogP contribution in [0.25, 0.3) is 5.82 Å². The van der Waals surface area contributed by atoms with Gasteiger partial charge in [0.25, 0.3) is 0 Å². The molecule has 0 spiro atoms. The zero-order chi connectivity index (χ0) is 19.8. The summed E-state index contributed by atoms with van der Waals surface area (Å²) in [6.07, 6.45) is 10.8. The fourth-order valence-electron chi connectivity index (χ4n) is 4.70. The summed E-state index contributed by atoms with van der Waals surface area (Å²) in [4.78, 5) is 11.8. The van der Waals surface area contributed by atoms with Crippen LogP contribution in [0, 0.1) is 6.92 Å². The summed E-state index contributed by atoms with van der Waals surface area (Å²) in [5, 5.41) is 4.42. The summed E-state index contributed by atoms with van der Waals surface area (Å²) in [6.45, 7) is 2.06. The lowest BCUT2D eigenvalue weighted by atomic mass is 9.99. The zero-order valence-corrected chi connectivity index (χ0v) is 17.3. The van der Waals surface area contributed by atoms with E-state index in [0.717, 1.165) is 22.2 Å². The molecule has 0 radical (unpaired) electrons. The van der Waals surface area contributed by atoms with Gasteiger partial charge in [-0.15, -0.1) is 0 Å². The maximum Gasteiger partial charge on any atom is 0.170 e. The molecular formula is C23H25N5S. The first-order valence-corrected chi connectivity index (χ1v) is 10.7. The zero-order valence-electron chi connectivity index (χ0n) is 16.5. The average Bonchev–Trinajstić information content (AvgIpc) is 3.48. The Bertz CT molecular complexity index is 992. The molecule has 3 aromatic heterocycles. The Morgan fingerprint density at radius 2 is 1.90 bits per heavy atom. The number of hydrogen-bond acceptors (Lipinski definition) is 3.